The second kappa shape index (κ2) is 7.41. The first-order chi connectivity index (χ1) is 9.29. The third-order valence-electron chi connectivity index (χ3n) is 4.54. The predicted molar refractivity (Wildman–Crippen MR) is 84.5 cm³/mol. The highest BCUT2D eigenvalue weighted by Gasteiger charge is 2.33. The van der Waals surface area contributed by atoms with Gasteiger partial charge in [-0.3, -0.25) is 4.79 Å². The number of carbonyl (C=O) groups excluding carboxylic acids is 1. The molecule has 0 bridgehead atoms. The van der Waals surface area contributed by atoms with Gasteiger partial charge in [0.2, 0.25) is 5.91 Å². The van der Waals surface area contributed by atoms with E-state index in [1.807, 2.05) is 25.7 Å². The molecule has 0 aromatic carbocycles. The molecule has 1 heterocycles. The van der Waals surface area contributed by atoms with Crippen LogP contribution >= 0.6 is 0 Å². The molecule has 1 amide bonds. The largest absolute Gasteiger partial charge is 0.341 e. The Balaban J connectivity index is 2.44. The summed E-state index contributed by atoms with van der Waals surface area (Å²) in [5, 5.41) is 0. The van der Waals surface area contributed by atoms with Crippen molar-refractivity contribution >= 4 is 5.91 Å². The SMILES string of the molecule is CCN(CC)CC1CCN(C(=O)[C@H](N)C(C)(C)C)CC1. The minimum Gasteiger partial charge on any atom is -0.341 e. The van der Waals surface area contributed by atoms with E-state index in [-0.39, 0.29) is 17.4 Å². The van der Waals surface area contributed by atoms with E-state index in [2.05, 4.69) is 18.7 Å². The summed E-state index contributed by atoms with van der Waals surface area (Å²) in [6, 6.07) is -0.387. The molecule has 20 heavy (non-hydrogen) atoms. The van der Waals surface area contributed by atoms with Gasteiger partial charge in [-0.25, -0.2) is 0 Å². The molecule has 1 rings (SSSR count). The first-order valence-corrected chi connectivity index (χ1v) is 8.06. The number of rotatable bonds is 5. The smallest absolute Gasteiger partial charge is 0.240 e. The number of nitrogens with zero attached hydrogens (tertiary/aromatic N) is 2. The lowest BCUT2D eigenvalue weighted by Gasteiger charge is -2.37. The van der Waals surface area contributed by atoms with Gasteiger partial charge in [0.25, 0.3) is 0 Å². The van der Waals surface area contributed by atoms with Gasteiger partial charge in [-0.15, -0.1) is 0 Å². The van der Waals surface area contributed by atoms with Crippen molar-refractivity contribution in [2.24, 2.45) is 17.1 Å². The van der Waals surface area contributed by atoms with Crippen LogP contribution in [0.3, 0.4) is 0 Å². The Hall–Kier alpha value is -0.610. The summed E-state index contributed by atoms with van der Waals surface area (Å²) in [6.45, 7) is 15.7. The molecule has 0 aromatic heterocycles. The van der Waals surface area contributed by atoms with E-state index in [1.54, 1.807) is 0 Å². The normalized spacial score (nSPS) is 19.4. The number of carbonyl (C=O) groups is 1. The average molecular weight is 283 g/mol. The van der Waals surface area contributed by atoms with Crippen LogP contribution in [-0.2, 0) is 4.79 Å². The third kappa shape index (κ3) is 4.74. The van der Waals surface area contributed by atoms with Crippen molar-refractivity contribution in [1.29, 1.82) is 0 Å². The Morgan fingerprint density at radius 1 is 1.25 bits per heavy atom. The van der Waals surface area contributed by atoms with Crippen LogP contribution in [0.15, 0.2) is 0 Å². The van der Waals surface area contributed by atoms with Crippen molar-refractivity contribution in [1.82, 2.24) is 9.80 Å². The third-order valence-corrected chi connectivity index (χ3v) is 4.54. The van der Waals surface area contributed by atoms with Crippen molar-refractivity contribution in [3.63, 3.8) is 0 Å². The van der Waals surface area contributed by atoms with Gasteiger partial charge < -0.3 is 15.5 Å². The Morgan fingerprint density at radius 3 is 2.15 bits per heavy atom. The fourth-order valence-electron chi connectivity index (χ4n) is 2.75. The summed E-state index contributed by atoms with van der Waals surface area (Å²) in [5.41, 5.74) is 5.93. The minimum absolute atomic E-state index is 0.124. The van der Waals surface area contributed by atoms with Gasteiger partial charge >= 0.3 is 0 Å². The second-order valence-corrected chi connectivity index (χ2v) is 7.10. The molecule has 0 unspecified atom stereocenters. The summed E-state index contributed by atoms with van der Waals surface area (Å²) in [7, 11) is 0. The zero-order valence-corrected chi connectivity index (χ0v) is 14.0. The maximum atomic E-state index is 12.4. The van der Waals surface area contributed by atoms with Crippen LogP contribution in [0.25, 0.3) is 0 Å². The van der Waals surface area contributed by atoms with E-state index >= 15 is 0 Å². The van der Waals surface area contributed by atoms with Crippen molar-refractivity contribution < 1.29 is 4.79 Å². The number of likely N-dealkylation sites (tertiary alicyclic amines) is 1. The van der Waals surface area contributed by atoms with E-state index in [4.69, 9.17) is 5.73 Å². The number of piperidine rings is 1. The fraction of sp³-hybridized carbons (Fsp3) is 0.938. The van der Waals surface area contributed by atoms with Crippen LogP contribution in [0, 0.1) is 11.3 Å². The molecule has 0 aliphatic carbocycles. The van der Waals surface area contributed by atoms with Gasteiger partial charge in [0.15, 0.2) is 0 Å². The zero-order valence-electron chi connectivity index (χ0n) is 14.0. The van der Waals surface area contributed by atoms with Crippen molar-refractivity contribution in [3.05, 3.63) is 0 Å². The molecule has 0 radical (unpaired) electrons. The van der Waals surface area contributed by atoms with E-state index in [0.717, 1.165) is 44.9 Å². The standard InChI is InChI=1S/C16H33N3O/c1-6-18(7-2)12-13-8-10-19(11-9-13)15(20)14(17)16(3,4)5/h13-14H,6-12,17H2,1-5H3/t14-/m0/s1. The van der Waals surface area contributed by atoms with E-state index < -0.39 is 0 Å². The summed E-state index contributed by atoms with van der Waals surface area (Å²) in [6.07, 6.45) is 2.22. The molecular formula is C16H33N3O. The average Bonchev–Trinajstić information content (AvgIpc) is 2.42. The van der Waals surface area contributed by atoms with Crippen molar-refractivity contribution in [3.8, 4) is 0 Å². The molecule has 1 aliphatic rings. The van der Waals surface area contributed by atoms with Gasteiger partial charge in [-0.2, -0.15) is 0 Å². The predicted octanol–water partition coefficient (Wildman–Crippen LogP) is 1.94. The minimum atomic E-state index is -0.387. The Morgan fingerprint density at radius 2 is 1.75 bits per heavy atom. The lowest BCUT2D eigenvalue weighted by molar-refractivity contribution is -0.136. The molecule has 4 nitrogen and oxygen atoms in total. The molecule has 1 fully saturated rings. The molecule has 1 atom stereocenters. The number of amides is 1. The van der Waals surface area contributed by atoms with Crippen LogP contribution < -0.4 is 5.73 Å². The topological polar surface area (TPSA) is 49.6 Å². The van der Waals surface area contributed by atoms with Gasteiger partial charge in [0, 0.05) is 19.6 Å². The Bertz CT molecular complexity index is 299. The Kier molecular flexibility index (Phi) is 6.46. The first kappa shape index (κ1) is 17.4. The van der Waals surface area contributed by atoms with Crippen LogP contribution in [-0.4, -0.2) is 54.5 Å². The molecule has 0 spiro atoms. The molecule has 118 valence electrons. The van der Waals surface area contributed by atoms with Gasteiger partial charge in [-0.05, 0) is 37.3 Å². The van der Waals surface area contributed by atoms with E-state index in [1.165, 1.54) is 6.54 Å². The molecule has 1 saturated heterocycles. The molecule has 2 N–H and O–H groups in total. The highest BCUT2D eigenvalue weighted by Crippen LogP contribution is 2.23. The van der Waals surface area contributed by atoms with Crippen molar-refractivity contribution in [2.45, 2.75) is 53.5 Å². The van der Waals surface area contributed by atoms with Gasteiger partial charge in [0.05, 0.1) is 6.04 Å². The van der Waals surface area contributed by atoms with Gasteiger partial charge in [-0.1, -0.05) is 34.6 Å². The van der Waals surface area contributed by atoms with Gasteiger partial charge in [0.1, 0.15) is 0 Å². The van der Waals surface area contributed by atoms with Crippen LogP contribution in [0.4, 0.5) is 0 Å². The summed E-state index contributed by atoms with van der Waals surface area (Å²) >= 11 is 0. The van der Waals surface area contributed by atoms with Crippen LogP contribution in [0.5, 0.6) is 0 Å². The van der Waals surface area contributed by atoms with Crippen LogP contribution in [0.2, 0.25) is 0 Å². The summed E-state index contributed by atoms with van der Waals surface area (Å²) in [5.74, 6) is 0.851. The zero-order chi connectivity index (χ0) is 15.3. The molecule has 1 aliphatic heterocycles. The lowest BCUT2D eigenvalue weighted by Crippen LogP contribution is -2.52. The number of hydrogen-bond acceptors (Lipinski definition) is 3. The monoisotopic (exact) mass is 283 g/mol. The number of hydrogen-bond donors (Lipinski definition) is 1. The Labute approximate surface area is 124 Å². The highest BCUT2D eigenvalue weighted by molar-refractivity contribution is 5.82. The molecule has 4 heteroatoms. The van der Waals surface area contributed by atoms with E-state index in [0.29, 0.717) is 0 Å². The van der Waals surface area contributed by atoms with Crippen molar-refractivity contribution in [2.75, 3.05) is 32.7 Å². The van der Waals surface area contributed by atoms with Crippen LogP contribution in [0.1, 0.15) is 47.5 Å². The molecule has 0 saturated carbocycles. The maximum Gasteiger partial charge on any atom is 0.240 e. The fourth-order valence-corrected chi connectivity index (χ4v) is 2.75. The summed E-state index contributed by atoms with van der Waals surface area (Å²) < 4.78 is 0. The van der Waals surface area contributed by atoms with E-state index in [9.17, 15) is 4.79 Å². The molecular weight excluding hydrogens is 250 g/mol. The summed E-state index contributed by atoms with van der Waals surface area (Å²) in [4.78, 5) is 16.8. The quantitative estimate of drug-likeness (QED) is 0.839. The second-order valence-electron chi connectivity index (χ2n) is 7.10. The first-order valence-electron chi connectivity index (χ1n) is 8.06. The maximum absolute atomic E-state index is 12.4. The highest BCUT2D eigenvalue weighted by atomic mass is 16.2. The molecule has 0 aromatic rings. The lowest BCUT2D eigenvalue weighted by atomic mass is 9.86. The number of nitrogens with two attached hydrogens (primary N) is 1.